The average molecular weight is 294 g/mol. The van der Waals surface area contributed by atoms with Crippen molar-refractivity contribution in [2.75, 3.05) is 11.6 Å². The maximum absolute atomic E-state index is 4.53. The van der Waals surface area contributed by atoms with Gasteiger partial charge in [0.1, 0.15) is 0 Å². The summed E-state index contributed by atoms with van der Waals surface area (Å²) in [6.07, 6.45) is 2.09. The van der Waals surface area contributed by atoms with Gasteiger partial charge in [-0.3, -0.25) is 4.98 Å². The van der Waals surface area contributed by atoms with Crippen LogP contribution in [-0.4, -0.2) is 11.2 Å². The lowest BCUT2D eigenvalue weighted by molar-refractivity contribution is 1.15. The number of anilines is 1. The number of thioether (sulfide) groups is 1. The van der Waals surface area contributed by atoms with Crippen LogP contribution in [0.15, 0.2) is 59.5 Å². The number of nitrogens with one attached hydrogen (secondary N) is 1. The van der Waals surface area contributed by atoms with Gasteiger partial charge in [-0.2, -0.15) is 0 Å². The predicted molar refractivity (Wildman–Crippen MR) is 92.0 cm³/mol. The molecule has 0 amide bonds. The molecule has 2 aromatic carbocycles. The van der Waals surface area contributed by atoms with Crippen LogP contribution in [0.4, 0.5) is 5.69 Å². The highest BCUT2D eigenvalue weighted by Gasteiger charge is 1.99. The third-order valence-corrected chi connectivity index (χ3v) is 4.22. The van der Waals surface area contributed by atoms with Crippen molar-refractivity contribution in [1.29, 1.82) is 0 Å². The highest BCUT2D eigenvalue weighted by Crippen LogP contribution is 2.19. The van der Waals surface area contributed by atoms with Gasteiger partial charge in [0.25, 0.3) is 0 Å². The second-order valence-electron chi connectivity index (χ2n) is 5.06. The van der Waals surface area contributed by atoms with E-state index in [4.69, 9.17) is 0 Å². The fourth-order valence-corrected chi connectivity index (χ4v) is 2.71. The van der Waals surface area contributed by atoms with Crippen molar-refractivity contribution >= 4 is 28.4 Å². The quantitative estimate of drug-likeness (QED) is 0.694. The molecule has 0 unspecified atom stereocenters. The van der Waals surface area contributed by atoms with Gasteiger partial charge in [-0.15, -0.1) is 11.8 Å². The second kappa shape index (κ2) is 6.19. The number of aryl methyl sites for hydroxylation is 1. The molecule has 21 heavy (non-hydrogen) atoms. The van der Waals surface area contributed by atoms with Gasteiger partial charge < -0.3 is 5.32 Å². The van der Waals surface area contributed by atoms with Crippen molar-refractivity contribution in [3.63, 3.8) is 0 Å². The van der Waals surface area contributed by atoms with E-state index in [1.807, 2.05) is 6.92 Å². The van der Waals surface area contributed by atoms with Crippen LogP contribution >= 0.6 is 11.8 Å². The summed E-state index contributed by atoms with van der Waals surface area (Å²) in [6, 6.07) is 19.1. The Morgan fingerprint density at radius 3 is 2.57 bits per heavy atom. The Labute approximate surface area is 129 Å². The summed E-state index contributed by atoms with van der Waals surface area (Å²) in [5.41, 5.74) is 4.53. The average Bonchev–Trinajstić information content (AvgIpc) is 2.53. The van der Waals surface area contributed by atoms with E-state index in [0.29, 0.717) is 0 Å². The minimum Gasteiger partial charge on any atom is -0.381 e. The van der Waals surface area contributed by atoms with Gasteiger partial charge in [0.2, 0.25) is 0 Å². The molecule has 0 spiro atoms. The minimum absolute atomic E-state index is 0.822. The number of fused-ring (bicyclic) bond motifs is 1. The van der Waals surface area contributed by atoms with Crippen LogP contribution in [0.3, 0.4) is 0 Å². The van der Waals surface area contributed by atoms with E-state index in [0.717, 1.165) is 23.4 Å². The maximum atomic E-state index is 4.53. The van der Waals surface area contributed by atoms with Crippen molar-refractivity contribution in [2.45, 2.75) is 18.4 Å². The first-order chi connectivity index (χ1) is 10.2. The standard InChI is InChI=1S/C18H18N2S/c1-13-3-5-15-11-14(4-10-18(15)20-13)12-19-16-6-8-17(21-2)9-7-16/h3-11,19H,12H2,1-2H3. The summed E-state index contributed by atoms with van der Waals surface area (Å²) >= 11 is 1.76. The van der Waals surface area contributed by atoms with E-state index in [1.165, 1.54) is 15.8 Å². The summed E-state index contributed by atoms with van der Waals surface area (Å²) in [6.45, 7) is 2.84. The van der Waals surface area contributed by atoms with E-state index in [1.54, 1.807) is 11.8 Å². The van der Waals surface area contributed by atoms with E-state index in [2.05, 4.69) is 71.2 Å². The molecule has 0 aliphatic heterocycles. The molecule has 0 aliphatic rings. The van der Waals surface area contributed by atoms with Crippen molar-refractivity contribution in [1.82, 2.24) is 4.98 Å². The molecule has 0 saturated heterocycles. The summed E-state index contributed by atoms with van der Waals surface area (Å²) in [5.74, 6) is 0. The first-order valence-corrected chi connectivity index (χ1v) is 8.21. The minimum atomic E-state index is 0.822. The smallest absolute Gasteiger partial charge is 0.0705 e. The molecular formula is C18H18N2S. The number of hydrogen-bond acceptors (Lipinski definition) is 3. The predicted octanol–water partition coefficient (Wildman–Crippen LogP) is 4.88. The SMILES string of the molecule is CSc1ccc(NCc2ccc3nc(C)ccc3c2)cc1. The Morgan fingerprint density at radius 1 is 1.00 bits per heavy atom. The molecule has 0 radical (unpaired) electrons. The molecule has 3 aromatic rings. The fraction of sp³-hybridized carbons (Fsp3) is 0.167. The zero-order valence-corrected chi connectivity index (χ0v) is 13.1. The maximum Gasteiger partial charge on any atom is 0.0705 e. The van der Waals surface area contributed by atoms with Gasteiger partial charge in [-0.25, -0.2) is 0 Å². The molecule has 3 rings (SSSR count). The zero-order valence-electron chi connectivity index (χ0n) is 12.3. The Bertz CT molecular complexity index is 751. The normalized spacial score (nSPS) is 10.8. The molecule has 1 heterocycles. The Morgan fingerprint density at radius 2 is 1.81 bits per heavy atom. The summed E-state index contributed by atoms with van der Waals surface area (Å²) in [7, 11) is 0. The Kier molecular flexibility index (Phi) is 4.11. The monoisotopic (exact) mass is 294 g/mol. The highest BCUT2D eigenvalue weighted by atomic mass is 32.2. The molecule has 0 atom stereocenters. The first-order valence-electron chi connectivity index (χ1n) is 6.99. The van der Waals surface area contributed by atoms with Crippen molar-refractivity contribution in [2.24, 2.45) is 0 Å². The molecule has 1 aromatic heterocycles. The van der Waals surface area contributed by atoms with Crippen LogP contribution in [0.5, 0.6) is 0 Å². The van der Waals surface area contributed by atoms with Crippen LogP contribution in [-0.2, 0) is 6.54 Å². The van der Waals surface area contributed by atoms with Crippen LogP contribution < -0.4 is 5.32 Å². The second-order valence-corrected chi connectivity index (χ2v) is 5.94. The van der Waals surface area contributed by atoms with Crippen LogP contribution in [0.25, 0.3) is 10.9 Å². The van der Waals surface area contributed by atoms with E-state index < -0.39 is 0 Å². The molecule has 3 heteroatoms. The van der Waals surface area contributed by atoms with Gasteiger partial charge in [-0.1, -0.05) is 12.1 Å². The van der Waals surface area contributed by atoms with Gasteiger partial charge in [-0.05, 0) is 61.2 Å². The number of nitrogens with zero attached hydrogens (tertiary/aromatic N) is 1. The number of benzene rings is 2. The van der Waals surface area contributed by atoms with Gasteiger partial charge in [0.15, 0.2) is 0 Å². The first kappa shape index (κ1) is 14.0. The van der Waals surface area contributed by atoms with Gasteiger partial charge in [0, 0.05) is 28.2 Å². The molecular weight excluding hydrogens is 276 g/mol. The molecule has 1 N–H and O–H groups in total. The van der Waals surface area contributed by atoms with E-state index in [-0.39, 0.29) is 0 Å². The third-order valence-electron chi connectivity index (χ3n) is 3.48. The lowest BCUT2D eigenvalue weighted by Gasteiger charge is -2.08. The number of aromatic nitrogens is 1. The molecule has 0 saturated carbocycles. The van der Waals surface area contributed by atoms with E-state index >= 15 is 0 Å². The lowest BCUT2D eigenvalue weighted by atomic mass is 10.1. The largest absolute Gasteiger partial charge is 0.381 e. The third kappa shape index (κ3) is 3.37. The number of hydrogen-bond donors (Lipinski definition) is 1. The summed E-state index contributed by atoms with van der Waals surface area (Å²) < 4.78 is 0. The Balaban J connectivity index is 1.73. The van der Waals surface area contributed by atoms with Gasteiger partial charge in [0.05, 0.1) is 5.52 Å². The molecule has 0 bridgehead atoms. The topological polar surface area (TPSA) is 24.9 Å². The molecule has 106 valence electrons. The number of rotatable bonds is 4. The summed E-state index contributed by atoms with van der Waals surface area (Å²) in [5, 5.41) is 4.65. The highest BCUT2D eigenvalue weighted by molar-refractivity contribution is 7.98. The van der Waals surface area contributed by atoms with Crippen LogP contribution in [0.1, 0.15) is 11.3 Å². The number of pyridine rings is 1. The van der Waals surface area contributed by atoms with Crippen molar-refractivity contribution < 1.29 is 0 Å². The van der Waals surface area contributed by atoms with E-state index in [9.17, 15) is 0 Å². The zero-order chi connectivity index (χ0) is 14.7. The molecule has 2 nitrogen and oxygen atoms in total. The lowest BCUT2D eigenvalue weighted by Crippen LogP contribution is -1.99. The summed E-state index contributed by atoms with van der Waals surface area (Å²) in [4.78, 5) is 5.82. The van der Waals surface area contributed by atoms with Crippen molar-refractivity contribution in [3.8, 4) is 0 Å². The van der Waals surface area contributed by atoms with Crippen LogP contribution in [0, 0.1) is 6.92 Å². The Hall–Kier alpha value is -2.00. The molecule has 0 fully saturated rings. The van der Waals surface area contributed by atoms with Gasteiger partial charge >= 0.3 is 0 Å². The molecule has 0 aliphatic carbocycles. The van der Waals surface area contributed by atoms with Crippen LogP contribution in [0.2, 0.25) is 0 Å². The van der Waals surface area contributed by atoms with Crippen molar-refractivity contribution in [3.05, 3.63) is 65.9 Å². The fourth-order valence-electron chi connectivity index (χ4n) is 2.30.